The van der Waals surface area contributed by atoms with E-state index in [0.29, 0.717) is 24.2 Å². The molecule has 0 atom stereocenters. The van der Waals surface area contributed by atoms with Crippen molar-refractivity contribution in [3.05, 3.63) is 90.3 Å². The largest absolute Gasteiger partial charge is 0.482 e. The fourth-order valence-electron chi connectivity index (χ4n) is 3.54. The summed E-state index contributed by atoms with van der Waals surface area (Å²) in [5.74, 6) is -0.827. The molecule has 3 aromatic rings. The van der Waals surface area contributed by atoms with Crippen LogP contribution >= 0.6 is 0 Å². The zero-order chi connectivity index (χ0) is 21.6. The van der Waals surface area contributed by atoms with Crippen molar-refractivity contribution in [2.24, 2.45) is 0 Å². The summed E-state index contributed by atoms with van der Waals surface area (Å²) < 4.78 is 5.44. The topological polar surface area (TPSA) is 91.8 Å². The Kier molecular flexibility index (Phi) is 5.93. The number of anilines is 2. The molecular weight excluding hydrogens is 394 g/mol. The number of hydrogen-bond donors (Lipinski definition) is 2. The van der Waals surface area contributed by atoms with Crippen LogP contribution in [0.4, 0.5) is 11.4 Å². The molecule has 31 heavy (non-hydrogen) atoms. The predicted molar refractivity (Wildman–Crippen MR) is 117 cm³/mol. The maximum absolute atomic E-state index is 13.3. The van der Waals surface area contributed by atoms with E-state index in [0.717, 1.165) is 22.5 Å². The lowest BCUT2D eigenvalue weighted by molar-refractivity contribution is -0.139. The molecule has 1 amide bonds. The molecule has 156 valence electrons. The van der Waals surface area contributed by atoms with Crippen LogP contribution in [-0.2, 0) is 16.0 Å². The summed E-state index contributed by atoms with van der Waals surface area (Å²) in [5.41, 5.74) is 6.59. The number of hydrazine groups is 1. The highest BCUT2D eigenvalue weighted by Gasteiger charge is 2.24. The first-order chi connectivity index (χ1) is 15.1. The number of pyridine rings is 1. The van der Waals surface area contributed by atoms with Crippen LogP contribution in [0.5, 0.6) is 5.75 Å². The number of benzene rings is 2. The molecule has 7 nitrogen and oxygen atoms in total. The Hall–Kier alpha value is -4.13. The highest BCUT2D eigenvalue weighted by atomic mass is 16.5. The molecule has 4 rings (SSSR count). The van der Waals surface area contributed by atoms with Crippen molar-refractivity contribution in [2.45, 2.75) is 12.8 Å². The fraction of sp³-hybridized carbons (Fsp3) is 0.125. The SMILES string of the molecule is O=C(O)COc1cccc2c1CCC=C2C(=O)NN(c1ccccc1)c1cccnc1. The van der Waals surface area contributed by atoms with Gasteiger partial charge in [-0.2, -0.15) is 0 Å². The zero-order valence-electron chi connectivity index (χ0n) is 16.7. The molecule has 1 aliphatic carbocycles. The average molecular weight is 415 g/mol. The number of aromatic nitrogens is 1. The summed E-state index contributed by atoms with van der Waals surface area (Å²) in [6.45, 7) is -0.426. The zero-order valence-corrected chi connectivity index (χ0v) is 16.7. The Bertz CT molecular complexity index is 1070. The van der Waals surface area contributed by atoms with E-state index < -0.39 is 12.6 Å². The van der Waals surface area contributed by atoms with E-state index in [1.807, 2.05) is 48.5 Å². The summed E-state index contributed by atoms with van der Waals surface area (Å²) >= 11 is 0. The van der Waals surface area contributed by atoms with Crippen molar-refractivity contribution in [1.82, 2.24) is 10.4 Å². The molecule has 2 aromatic carbocycles. The Morgan fingerprint density at radius 2 is 1.84 bits per heavy atom. The van der Waals surface area contributed by atoms with Crippen LogP contribution in [0.25, 0.3) is 5.57 Å². The number of carboxylic acids is 1. The molecule has 0 saturated heterocycles. The molecule has 2 N–H and O–H groups in total. The number of ether oxygens (including phenoxy) is 1. The number of para-hydroxylation sites is 1. The van der Waals surface area contributed by atoms with Gasteiger partial charge in [-0.15, -0.1) is 0 Å². The number of aliphatic carboxylic acids is 1. The number of carbonyl (C=O) groups excluding carboxylic acids is 1. The highest BCUT2D eigenvalue weighted by Crippen LogP contribution is 2.34. The van der Waals surface area contributed by atoms with Crippen LogP contribution in [0.1, 0.15) is 17.5 Å². The molecule has 0 saturated carbocycles. The van der Waals surface area contributed by atoms with E-state index in [1.54, 1.807) is 35.6 Å². The molecule has 1 aliphatic rings. The van der Waals surface area contributed by atoms with Crippen LogP contribution in [0, 0.1) is 0 Å². The molecule has 1 heterocycles. The smallest absolute Gasteiger partial charge is 0.341 e. The lowest BCUT2D eigenvalue weighted by atomic mass is 9.89. The Morgan fingerprint density at radius 1 is 1.03 bits per heavy atom. The van der Waals surface area contributed by atoms with Gasteiger partial charge in [-0.05, 0) is 48.7 Å². The number of nitrogens with one attached hydrogen (secondary N) is 1. The van der Waals surface area contributed by atoms with Gasteiger partial charge in [0.2, 0.25) is 0 Å². The Morgan fingerprint density at radius 3 is 2.58 bits per heavy atom. The van der Waals surface area contributed by atoms with Crippen LogP contribution in [-0.4, -0.2) is 28.6 Å². The van der Waals surface area contributed by atoms with Gasteiger partial charge in [0.05, 0.1) is 17.6 Å². The van der Waals surface area contributed by atoms with E-state index in [-0.39, 0.29) is 5.91 Å². The number of amides is 1. The van der Waals surface area contributed by atoms with Gasteiger partial charge in [0, 0.05) is 17.3 Å². The number of hydrogen-bond acceptors (Lipinski definition) is 5. The maximum Gasteiger partial charge on any atom is 0.341 e. The molecule has 1 aromatic heterocycles. The van der Waals surface area contributed by atoms with Crippen LogP contribution < -0.4 is 15.2 Å². The van der Waals surface area contributed by atoms with Gasteiger partial charge in [-0.1, -0.05) is 36.4 Å². The van der Waals surface area contributed by atoms with Gasteiger partial charge in [-0.25, -0.2) is 4.79 Å². The number of carbonyl (C=O) groups is 2. The average Bonchev–Trinajstić information content (AvgIpc) is 2.81. The molecular formula is C24H21N3O4. The first kappa shape index (κ1) is 20.2. The van der Waals surface area contributed by atoms with Crippen LogP contribution in [0.2, 0.25) is 0 Å². The summed E-state index contributed by atoms with van der Waals surface area (Å²) in [7, 11) is 0. The monoisotopic (exact) mass is 415 g/mol. The number of allylic oxidation sites excluding steroid dienone is 1. The van der Waals surface area contributed by atoms with E-state index in [9.17, 15) is 9.59 Å². The second-order valence-corrected chi connectivity index (χ2v) is 6.94. The summed E-state index contributed by atoms with van der Waals surface area (Å²) in [5, 5.41) is 10.6. The van der Waals surface area contributed by atoms with E-state index in [1.165, 1.54) is 0 Å². The van der Waals surface area contributed by atoms with Crippen molar-refractivity contribution in [2.75, 3.05) is 11.6 Å². The van der Waals surface area contributed by atoms with Crippen molar-refractivity contribution < 1.29 is 19.4 Å². The summed E-state index contributed by atoms with van der Waals surface area (Å²) in [4.78, 5) is 28.4. The van der Waals surface area contributed by atoms with Gasteiger partial charge < -0.3 is 9.84 Å². The Balaban J connectivity index is 1.63. The second-order valence-electron chi connectivity index (χ2n) is 6.94. The van der Waals surface area contributed by atoms with Gasteiger partial charge >= 0.3 is 5.97 Å². The second kappa shape index (κ2) is 9.13. The summed E-state index contributed by atoms with van der Waals surface area (Å²) in [6.07, 6.45) is 6.57. The molecule has 7 heteroatoms. The number of carboxylic acid groups (broad SMARTS) is 1. The Labute approximate surface area is 179 Å². The quantitative estimate of drug-likeness (QED) is 0.571. The number of rotatable bonds is 7. The third kappa shape index (κ3) is 4.56. The van der Waals surface area contributed by atoms with Crippen molar-refractivity contribution in [3.8, 4) is 5.75 Å². The molecule has 0 aliphatic heterocycles. The maximum atomic E-state index is 13.3. The van der Waals surface area contributed by atoms with E-state index in [2.05, 4.69) is 10.4 Å². The third-order valence-electron chi connectivity index (χ3n) is 4.89. The molecule has 0 fully saturated rings. The van der Waals surface area contributed by atoms with E-state index >= 15 is 0 Å². The first-order valence-electron chi connectivity index (χ1n) is 9.86. The van der Waals surface area contributed by atoms with Crippen LogP contribution in [0.3, 0.4) is 0 Å². The van der Waals surface area contributed by atoms with Gasteiger partial charge in [0.25, 0.3) is 5.91 Å². The minimum Gasteiger partial charge on any atom is -0.482 e. The van der Waals surface area contributed by atoms with Crippen molar-refractivity contribution >= 4 is 28.8 Å². The minimum absolute atomic E-state index is 0.274. The number of nitrogens with zero attached hydrogens (tertiary/aromatic N) is 2. The van der Waals surface area contributed by atoms with Crippen LogP contribution in [0.15, 0.2) is 79.1 Å². The lowest BCUT2D eigenvalue weighted by Gasteiger charge is -2.27. The van der Waals surface area contributed by atoms with Gasteiger partial charge in [0.1, 0.15) is 5.75 Å². The minimum atomic E-state index is -1.04. The third-order valence-corrected chi connectivity index (χ3v) is 4.89. The normalized spacial score (nSPS) is 12.3. The van der Waals surface area contributed by atoms with Gasteiger partial charge in [0.15, 0.2) is 6.61 Å². The molecule has 0 spiro atoms. The number of fused-ring (bicyclic) bond motifs is 1. The molecule has 0 unspecified atom stereocenters. The van der Waals surface area contributed by atoms with Crippen molar-refractivity contribution in [1.29, 1.82) is 0 Å². The summed E-state index contributed by atoms with van der Waals surface area (Å²) in [6, 6.07) is 18.5. The lowest BCUT2D eigenvalue weighted by Crippen LogP contribution is -2.39. The van der Waals surface area contributed by atoms with Crippen molar-refractivity contribution in [3.63, 3.8) is 0 Å². The van der Waals surface area contributed by atoms with Gasteiger partial charge in [-0.3, -0.25) is 20.2 Å². The molecule has 0 radical (unpaired) electrons. The molecule has 0 bridgehead atoms. The standard InChI is InChI=1S/C24H21N3O4/c28-23(29)16-31-22-13-5-10-19-20(22)11-4-12-21(19)24(30)26-27(17-7-2-1-3-8-17)18-9-6-14-25-15-18/h1-3,5-10,12-15H,4,11,16H2,(H,26,30)(H,28,29). The highest BCUT2D eigenvalue weighted by molar-refractivity contribution is 6.21. The predicted octanol–water partition coefficient (Wildman–Crippen LogP) is 3.74. The fourth-order valence-corrected chi connectivity index (χ4v) is 3.54. The first-order valence-corrected chi connectivity index (χ1v) is 9.86. The van der Waals surface area contributed by atoms with E-state index in [4.69, 9.17) is 9.84 Å².